The van der Waals surface area contributed by atoms with Crippen molar-refractivity contribution in [3.05, 3.63) is 30.3 Å². The van der Waals surface area contributed by atoms with Gasteiger partial charge < -0.3 is 0 Å². The summed E-state index contributed by atoms with van der Waals surface area (Å²) in [4.78, 5) is 11.8. The zero-order chi connectivity index (χ0) is 15.0. The number of nitrogens with two attached hydrogens (primary N) is 1. The molecule has 1 amide bonds. The number of para-hydroxylation sites is 1. The van der Waals surface area contributed by atoms with Crippen molar-refractivity contribution in [3.63, 3.8) is 0 Å². The van der Waals surface area contributed by atoms with Crippen molar-refractivity contribution in [1.82, 2.24) is 0 Å². The fourth-order valence-electron chi connectivity index (χ4n) is 2.17. The van der Waals surface area contributed by atoms with Gasteiger partial charge in [0.05, 0.1) is 5.69 Å². The van der Waals surface area contributed by atoms with Crippen LogP contribution in [0.4, 0.5) is 5.69 Å². The topological polar surface area (TPSA) is 46.3 Å². The molecule has 0 bridgehead atoms. The molecular weight excluding hydrogens is 272 g/mol. The lowest BCUT2D eigenvalue weighted by Crippen LogP contribution is -2.49. The highest BCUT2D eigenvalue weighted by Crippen LogP contribution is 2.32. The monoisotopic (exact) mass is 296 g/mol. The van der Waals surface area contributed by atoms with E-state index in [0.29, 0.717) is 18.5 Å². The largest absolute Gasteiger partial charge is 0.271 e. The molecule has 1 aromatic rings. The van der Waals surface area contributed by atoms with Gasteiger partial charge in [0.2, 0.25) is 0 Å². The summed E-state index contributed by atoms with van der Waals surface area (Å²) in [5, 5.41) is 1.19. The van der Waals surface area contributed by atoms with Crippen molar-refractivity contribution < 1.29 is 4.79 Å². The lowest BCUT2D eigenvalue weighted by atomic mass is 9.93. The molecule has 0 radical (unpaired) electrons. The van der Waals surface area contributed by atoms with Crippen LogP contribution in [0.1, 0.15) is 52.4 Å². The minimum atomic E-state index is -0.878. The molecular formula is C16H25ClN2O. The number of halogens is 1. The predicted octanol–water partition coefficient (Wildman–Crippen LogP) is 4.25. The Morgan fingerprint density at radius 3 is 2.10 bits per heavy atom. The van der Waals surface area contributed by atoms with Crippen LogP contribution in [-0.2, 0) is 4.79 Å². The molecule has 0 aromatic heterocycles. The molecule has 4 heteroatoms. The number of rotatable bonds is 8. The van der Waals surface area contributed by atoms with Crippen LogP contribution in [0, 0.1) is 0 Å². The summed E-state index contributed by atoms with van der Waals surface area (Å²) in [6.07, 6.45) is 5.24. The minimum absolute atomic E-state index is 0.202. The van der Waals surface area contributed by atoms with Gasteiger partial charge >= 0.3 is 0 Å². The van der Waals surface area contributed by atoms with Crippen molar-refractivity contribution in [2.75, 3.05) is 5.01 Å². The van der Waals surface area contributed by atoms with E-state index in [2.05, 4.69) is 13.8 Å². The molecule has 0 aliphatic heterocycles. The Kier molecular flexibility index (Phi) is 7.03. The summed E-state index contributed by atoms with van der Waals surface area (Å²) in [5.41, 5.74) is 0.676. The highest BCUT2D eigenvalue weighted by Gasteiger charge is 2.37. The Morgan fingerprint density at radius 2 is 1.65 bits per heavy atom. The molecule has 1 aromatic carbocycles. The van der Waals surface area contributed by atoms with Crippen LogP contribution in [0.2, 0.25) is 0 Å². The first-order chi connectivity index (χ1) is 9.55. The zero-order valence-corrected chi connectivity index (χ0v) is 13.2. The van der Waals surface area contributed by atoms with Gasteiger partial charge in [0, 0.05) is 0 Å². The number of alkyl halides is 1. The normalized spacial score (nSPS) is 11.4. The van der Waals surface area contributed by atoms with Crippen LogP contribution >= 0.6 is 11.6 Å². The van der Waals surface area contributed by atoms with Gasteiger partial charge in [-0.2, -0.15) is 0 Å². The second-order valence-corrected chi connectivity index (χ2v) is 5.91. The highest BCUT2D eigenvalue weighted by atomic mass is 35.5. The number of unbranched alkanes of at least 4 members (excludes halogenated alkanes) is 2. The SMILES string of the molecule is CCCCC(Cl)(CCCC)C(=O)N(N)c1ccccc1. The van der Waals surface area contributed by atoms with Crippen molar-refractivity contribution >= 4 is 23.2 Å². The van der Waals surface area contributed by atoms with Gasteiger partial charge in [-0.3, -0.25) is 4.79 Å². The van der Waals surface area contributed by atoms with Gasteiger partial charge in [-0.05, 0) is 25.0 Å². The molecule has 0 fully saturated rings. The maximum absolute atomic E-state index is 12.6. The second-order valence-electron chi connectivity index (χ2n) is 5.18. The standard InChI is InChI=1S/C16H25ClN2O/c1-3-5-12-16(17,13-6-4-2)15(20)19(18)14-10-8-7-9-11-14/h7-11H,3-6,12-13,18H2,1-2H3. The van der Waals surface area contributed by atoms with E-state index in [0.717, 1.165) is 25.7 Å². The first-order valence-corrected chi connectivity index (χ1v) is 7.76. The third-order valence-corrected chi connectivity index (χ3v) is 4.03. The summed E-state index contributed by atoms with van der Waals surface area (Å²) < 4.78 is 0. The molecule has 1 rings (SSSR count). The third-order valence-electron chi connectivity index (χ3n) is 3.49. The molecule has 2 N–H and O–H groups in total. The molecule has 112 valence electrons. The van der Waals surface area contributed by atoms with Gasteiger partial charge in [0.1, 0.15) is 4.87 Å². The number of hydrazine groups is 1. The molecule has 0 aliphatic carbocycles. The van der Waals surface area contributed by atoms with Crippen molar-refractivity contribution in [3.8, 4) is 0 Å². The smallest absolute Gasteiger partial charge is 0.262 e. The average molecular weight is 297 g/mol. The number of nitrogens with zero attached hydrogens (tertiary/aromatic N) is 1. The van der Waals surface area contributed by atoms with Gasteiger partial charge in [-0.15, -0.1) is 11.6 Å². The summed E-state index contributed by atoms with van der Waals surface area (Å²) in [7, 11) is 0. The first kappa shape index (κ1) is 17.0. The second kappa shape index (κ2) is 8.28. The predicted molar refractivity (Wildman–Crippen MR) is 85.7 cm³/mol. The summed E-state index contributed by atoms with van der Waals surface area (Å²) in [6, 6.07) is 9.24. The Morgan fingerprint density at radius 1 is 1.15 bits per heavy atom. The number of carbonyl (C=O) groups is 1. The van der Waals surface area contributed by atoms with Crippen molar-refractivity contribution in [2.45, 2.75) is 57.2 Å². The number of anilines is 1. The average Bonchev–Trinajstić information content (AvgIpc) is 2.50. The van der Waals surface area contributed by atoms with E-state index in [9.17, 15) is 4.79 Å². The Hall–Kier alpha value is -1.06. The number of benzene rings is 1. The van der Waals surface area contributed by atoms with Crippen LogP contribution in [-0.4, -0.2) is 10.8 Å². The van der Waals surface area contributed by atoms with E-state index in [1.807, 2.05) is 30.3 Å². The Bertz CT molecular complexity index is 400. The van der Waals surface area contributed by atoms with Gasteiger partial charge in [0.25, 0.3) is 5.91 Å². The van der Waals surface area contributed by atoms with Crippen LogP contribution in [0.15, 0.2) is 30.3 Å². The summed E-state index contributed by atoms with van der Waals surface area (Å²) in [5.74, 6) is 5.77. The number of carbonyl (C=O) groups excluding carboxylic acids is 1. The lowest BCUT2D eigenvalue weighted by molar-refractivity contribution is -0.121. The van der Waals surface area contributed by atoms with Crippen LogP contribution < -0.4 is 10.9 Å². The van der Waals surface area contributed by atoms with Crippen molar-refractivity contribution in [1.29, 1.82) is 0 Å². The van der Waals surface area contributed by atoms with E-state index in [1.54, 1.807) is 0 Å². The fraction of sp³-hybridized carbons (Fsp3) is 0.562. The molecule has 0 spiro atoms. The molecule has 0 atom stereocenters. The van der Waals surface area contributed by atoms with E-state index >= 15 is 0 Å². The van der Waals surface area contributed by atoms with Gasteiger partial charge in [-0.25, -0.2) is 10.9 Å². The molecule has 3 nitrogen and oxygen atoms in total. The number of amides is 1. The quantitative estimate of drug-likeness (QED) is 0.337. The Balaban J connectivity index is 2.86. The lowest BCUT2D eigenvalue weighted by Gasteiger charge is -2.30. The fourth-order valence-corrected chi connectivity index (χ4v) is 2.53. The minimum Gasteiger partial charge on any atom is -0.271 e. The molecule has 0 aliphatic rings. The third kappa shape index (κ3) is 4.50. The van der Waals surface area contributed by atoms with E-state index in [1.165, 1.54) is 5.01 Å². The van der Waals surface area contributed by atoms with E-state index in [-0.39, 0.29) is 5.91 Å². The summed E-state index contributed by atoms with van der Waals surface area (Å²) >= 11 is 6.62. The van der Waals surface area contributed by atoms with Crippen LogP contribution in [0.5, 0.6) is 0 Å². The van der Waals surface area contributed by atoms with E-state index in [4.69, 9.17) is 17.4 Å². The van der Waals surface area contributed by atoms with E-state index < -0.39 is 4.87 Å². The Labute approximate surface area is 127 Å². The van der Waals surface area contributed by atoms with Gasteiger partial charge in [0.15, 0.2) is 0 Å². The molecule has 0 saturated carbocycles. The number of hydrogen-bond acceptors (Lipinski definition) is 2. The number of hydrogen-bond donors (Lipinski definition) is 1. The maximum atomic E-state index is 12.6. The first-order valence-electron chi connectivity index (χ1n) is 7.38. The zero-order valence-electron chi connectivity index (χ0n) is 12.4. The highest BCUT2D eigenvalue weighted by molar-refractivity contribution is 6.36. The van der Waals surface area contributed by atoms with Crippen LogP contribution in [0.25, 0.3) is 0 Å². The van der Waals surface area contributed by atoms with Gasteiger partial charge in [-0.1, -0.05) is 57.7 Å². The summed E-state index contributed by atoms with van der Waals surface area (Å²) in [6.45, 7) is 4.19. The molecule has 0 saturated heterocycles. The van der Waals surface area contributed by atoms with Crippen LogP contribution in [0.3, 0.4) is 0 Å². The van der Waals surface area contributed by atoms with Crippen molar-refractivity contribution in [2.24, 2.45) is 5.84 Å². The molecule has 20 heavy (non-hydrogen) atoms. The molecule has 0 unspecified atom stereocenters. The molecule has 0 heterocycles. The maximum Gasteiger partial charge on any atom is 0.262 e.